The van der Waals surface area contributed by atoms with E-state index >= 15 is 0 Å². The lowest BCUT2D eigenvalue weighted by Gasteiger charge is -2.34. The molecular weight excluding hydrogens is 441 g/mol. The van der Waals surface area contributed by atoms with Gasteiger partial charge in [-0.25, -0.2) is 4.39 Å². The van der Waals surface area contributed by atoms with Crippen LogP contribution in [0.15, 0.2) is 53.7 Å². The van der Waals surface area contributed by atoms with Crippen LogP contribution in [0.3, 0.4) is 0 Å². The third-order valence-electron chi connectivity index (χ3n) is 5.78. The van der Waals surface area contributed by atoms with Gasteiger partial charge in [-0.15, -0.1) is 10.2 Å². The van der Waals surface area contributed by atoms with Crippen LogP contribution in [0, 0.1) is 5.82 Å². The minimum absolute atomic E-state index is 0.0533. The van der Waals surface area contributed by atoms with Crippen LogP contribution in [0.25, 0.3) is 5.69 Å². The summed E-state index contributed by atoms with van der Waals surface area (Å²) in [4.78, 5) is 17.5. The molecule has 0 N–H and O–H groups in total. The summed E-state index contributed by atoms with van der Waals surface area (Å²) in [5, 5.41) is 9.03. The smallest absolute Gasteiger partial charge is 0.254 e. The van der Waals surface area contributed by atoms with Crippen molar-refractivity contribution in [2.75, 3.05) is 39.8 Å². The fourth-order valence-corrected chi connectivity index (χ4v) is 4.89. The van der Waals surface area contributed by atoms with Gasteiger partial charge in [0, 0.05) is 44.6 Å². The zero-order valence-electron chi connectivity index (χ0n) is 18.9. The van der Waals surface area contributed by atoms with Crippen LogP contribution < -0.4 is 0 Å². The number of para-hydroxylation sites is 1. The third kappa shape index (κ3) is 5.26. The van der Waals surface area contributed by atoms with Crippen LogP contribution in [-0.2, 0) is 17.1 Å². The van der Waals surface area contributed by atoms with Crippen molar-refractivity contribution >= 4 is 17.7 Å². The van der Waals surface area contributed by atoms with Gasteiger partial charge in [-0.05, 0) is 30.3 Å². The number of thioether (sulfide) groups is 1. The number of aromatic nitrogens is 3. The van der Waals surface area contributed by atoms with E-state index in [1.807, 2.05) is 29.2 Å². The maximum Gasteiger partial charge on any atom is 0.254 e. The third-order valence-corrected chi connectivity index (χ3v) is 6.76. The number of piperazine rings is 1. The van der Waals surface area contributed by atoms with Crippen molar-refractivity contribution in [1.82, 2.24) is 24.6 Å². The number of ether oxygens (including phenoxy) is 1. The molecule has 2 heterocycles. The lowest BCUT2D eigenvalue weighted by molar-refractivity contribution is 0.0642. The Morgan fingerprint density at radius 3 is 2.52 bits per heavy atom. The zero-order valence-corrected chi connectivity index (χ0v) is 19.7. The predicted molar refractivity (Wildman–Crippen MR) is 126 cm³/mol. The van der Waals surface area contributed by atoms with Crippen molar-refractivity contribution in [3.8, 4) is 5.69 Å². The van der Waals surface area contributed by atoms with Gasteiger partial charge >= 0.3 is 0 Å². The van der Waals surface area contributed by atoms with Crippen molar-refractivity contribution in [3.05, 3.63) is 71.3 Å². The maximum absolute atomic E-state index is 14.6. The van der Waals surface area contributed by atoms with Crippen LogP contribution in [0.2, 0.25) is 0 Å². The molecule has 0 aliphatic carbocycles. The minimum Gasteiger partial charge on any atom is -0.377 e. The fraction of sp³-hybridized carbons (Fsp3) is 0.375. The average Bonchev–Trinajstić information content (AvgIpc) is 3.25. The number of amides is 1. The molecule has 0 bridgehead atoms. The van der Waals surface area contributed by atoms with E-state index in [4.69, 9.17) is 4.74 Å². The van der Waals surface area contributed by atoms with Crippen LogP contribution in [0.5, 0.6) is 0 Å². The first-order valence-corrected chi connectivity index (χ1v) is 12.0. The number of hydrogen-bond donors (Lipinski definition) is 0. The number of carbonyl (C=O) groups excluding carboxylic acids is 1. The molecule has 3 aromatic rings. The summed E-state index contributed by atoms with van der Waals surface area (Å²) in [6.07, 6.45) is 0. The van der Waals surface area contributed by atoms with Crippen molar-refractivity contribution in [2.24, 2.45) is 0 Å². The molecule has 1 fully saturated rings. The molecule has 1 saturated heterocycles. The minimum atomic E-state index is -0.363. The van der Waals surface area contributed by atoms with E-state index in [0.717, 1.165) is 38.3 Å². The number of hydrogen-bond acceptors (Lipinski definition) is 6. The Morgan fingerprint density at radius 1 is 1.06 bits per heavy atom. The van der Waals surface area contributed by atoms with E-state index in [0.29, 0.717) is 28.0 Å². The highest BCUT2D eigenvalue weighted by atomic mass is 32.2. The highest BCUT2D eigenvalue weighted by molar-refractivity contribution is 7.98. The van der Waals surface area contributed by atoms with Gasteiger partial charge in [-0.2, -0.15) is 0 Å². The normalized spacial score (nSPS) is 14.6. The molecule has 9 heteroatoms. The Kier molecular flexibility index (Phi) is 7.74. The van der Waals surface area contributed by atoms with Crippen molar-refractivity contribution in [1.29, 1.82) is 0 Å². The summed E-state index contributed by atoms with van der Waals surface area (Å²) in [6, 6.07) is 14.2. The summed E-state index contributed by atoms with van der Waals surface area (Å²) in [5.74, 6) is 0.718. The second-order valence-electron chi connectivity index (χ2n) is 7.79. The zero-order chi connectivity index (χ0) is 23.2. The van der Waals surface area contributed by atoms with Gasteiger partial charge in [0.2, 0.25) is 0 Å². The van der Waals surface area contributed by atoms with Gasteiger partial charge in [-0.1, -0.05) is 49.0 Å². The monoisotopic (exact) mass is 469 g/mol. The van der Waals surface area contributed by atoms with Gasteiger partial charge < -0.3 is 14.5 Å². The number of methoxy groups -OCH3 is 1. The first kappa shape index (κ1) is 23.4. The van der Waals surface area contributed by atoms with Gasteiger partial charge in [0.25, 0.3) is 5.91 Å². The van der Waals surface area contributed by atoms with Crippen LogP contribution in [-0.4, -0.2) is 70.3 Å². The Balaban J connectivity index is 1.55. The molecule has 0 saturated carbocycles. The largest absolute Gasteiger partial charge is 0.377 e. The maximum atomic E-state index is 14.6. The van der Waals surface area contributed by atoms with Gasteiger partial charge in [0.15, 0.2) is 11.0 Å². The van der Waals surface area contributed by atoms with E-state index in [-0.39, 0.29) is 18.3 Å². The van der Waals surface area contributed by atoms with Crippen LogP contribution >= 0.6 is 11.8 Å². The average molecular weight is 470 g/mol. The number of halogens is 1. The van der Waals surface area contributed by atoms with E-state index < -0.39 is 0 Å². The van der Waals surface area contributed by atoms with Crippen LogP contribution in [0.4, 0.5) is 4.39 Å². The van der Waals surface area contributed by atoms with Crippen molar-refractivity contribution < 1.29 is 13.9 Å². The van der Waals surface area contributed by atoms with E-state index in [1.165, 1.54) is 17.8 Å². The molecule has 174 valence electrons. The van der Waals surface area contributed by atoms with Gasteiger partial charge in [0.05, 0.1) is 5.69 Å². The summed E-state index contributed by atoms with van der Waals surface area (Å²) in [7, 11) is 1.56. The molecule has 1 aliphatic heterocycles. The molecular formula is C24H28FN5O2S. The van der Waals surface area contributed by atoms with E-state index in [1.54, 1.807) is 29.9 Å². The highest BCUT2D eigenvalue weighted by Crippen LogP contribution is 2.28. The summed E-state index contributed by atoms with van der Waals surface area (Å²) < 4.78 is 21.5. The molecule has 0 spiro atoms. The number of carbonyl (C=O) groups is 1. The molecule has 0 radical (unpaired) electrons. The Hall–Kier alpha value is -2.75. The van der Waals surface area contributed by atoms with Crippen molar-refractivity contribution in [2.45, 2.75) is 24.4 Å². The van der Waals surface area contributed by atoms with E-state index in [2.05, 4.69) is 22.0 Å². The summed E-state index contributed by atoms with van der Waals surface area (Å²) >= 11 is 1.42. The van der Waals surface area contributed by atoms with Crippen molar-refractivity contribution in [3.63, 3.8) is 0 Å². The number of rotatable bonds is 8. The predicted octanol–water partition coefficient (Wildman–Crippen LogP) is 3.62. The molecule has 7 nitrogen and oxygen atoms in total. The highest BCUT2D eigenvalue weighted by Gasteiger charge is 2.24. The molecule has 1 amide bonds. The first-order valence-electron chi connectivity index (χ1n) is 11.0. The molecule has 2 aromatic carbocycles. The summed E-state index contributed by atoms with van der Waals surface area (Å²) in [5.41, 5.74) is 1.99. The Morgan fingerprint density at radius 2 is 1.79 bits per heavy atom. The molecule has 0 unspecified atom stereocenters. The summed E-state index contributed by atoms with van der Waals surface area (Å²) in [6.45, 7) is 6.61. The molecule has 1 aromatic heterocycles. The molecule has 33 heavy (non-hydrogen) atoms. The lowest BCUT2D eigenvalue weighted by Crippen LogP contribution is -2.48. The van der Waals surface area contributed by atoms with Crippen LogP contribution in [0.1, 0.15) is 28.7 Å². The molecule has 1 aliphatic rings. The quantitative estimate of drug-likeness (QED) is 0.470. The SMILES string of the molecule is CCN1CCN(C(=O)c2ccccc2CSc2nnc(COC)n2-c2ccccc2F)CC1. The second-order valence-corrected chi connectivity index (χ2v) is 8.73. The second kappa shape index (κ2) is 10.9. The Bertz CT molecular complexity index is 1100. The van der Waals surface area contributed by atoms with E-state index in [9.17, 15) is 9.18 Å². The lowest BCUT2D eigenvalue weighted by atomic mass is 10.1. The number of benzene rings is 2. The fourth-order valence-electron chi connectivity index (χ4n) is 3.93. The molecule has 4 rings (SSSR count). The topological polar surface area (TPSA) is 63.5 Å². The Labute approximate surface area is 197 Å². The first-order chi connectivity index (χ1) is 16.1. The number of nitrogens with zero attached hydrogens (tertiary/aromatic N) is 5. The van der Waals surface area contributed by atoms with Gasteiger partial charge in [-0.3, -0.25) is 9.36 Å². The number of likely N-dealkylation sites (N-methyl/N-ethyl adjacent to an activating group) is 1. The standard InChI is InChI=1S/C24H28FN5O2S/c1-3-28-12-14-29(15-13-28)23(31)19-9-5-4-8-18(19)17-33-24-27-26-22(16-32-2)30(24)21-11-7-6-10-20(21)25/h4-11H,3,12-17H2,1-2H3. The molecule has 0 atom stereocenters. The van der Waals surface area contributed by atoms with Gasteiger partial charge in [0.1, 0.15) is 12.4 Å².